The van der Waals surface area contributed by atoms with Gasteiger partial charge in [-0.3, -0.25) is 9.78 Å². The van der Waals surface area contributed by atoms with Crippen LogP contribution in [0.2, 0.25) is 0 Å². The standard InChI is InChI=1S/C17H16N2O4/c20-16(11-23-13-4-2-1-3-5-13)19-7-6-14-12(10-19)8-18-9-15(14)17(21)22/h1-5,8-9H,6-7,10-11H2,(H,21,22). The molecule has 0 saturated heterocycles. The maximum atomic E-state index is 12.3. The summed E-state index contributed by atoms with van der Waals surface area (Å²) in [6.07, 6.45) is 3.49. The average molecular weight is 312 g/mol. The number of rotatable bonds is 4. The van der Waals surface area contributed by atoms with Gasteiger partial charge in [0.15, 0.2) is 6.61 Å². The molecule has 2 heterocycles. The van der Waals surface area contributed by atoms with E-state index in [0.717, 1.165) is 11.1 Å². The lowest BCUT2D eigenvalue weighted by Crippen LogP contribution is -2.39. The molecule has 1 aromatic heterocycles. The fraction of sp³-hybridized carbons (Fsp3) is 0.235. The van der Waals surface area contributed by atoms with Crippen LogP contribution in [0.5, 0.6) is 5.75 Å². The van der Waals surface area contributed by atoms with E-state index in [1.54, 1.807) is 23.2 Å². The van der Waals surface area contributed by atoms with E-state index >= 15 is 0 Å². The molecule has 1 N–H and O–H groups in total. The highest BCUT2D eigenvalue weighted by Gasteiger charge is 2.24. The summed E-state index contributed by atoms with van der Waals surface area (Å²) in [6.45, 7) is 0.806. The number of carbonyl (C=O) groups excluding carboxylic acids is 1. The Kier molecular flexibility index (Phi) is 4.23. The van der Waals surface area contributed by atoms with E-state index in [1.165, 1.54) is 6.20 Å². The molecule has 1 amide bonds. The lowest BCUT2D eigenvalue weighted by atomic mass is 9.97. The van der Waals surface area contributed by atoms with E-state index in [4.69, 9.17) is 4.74 Å². The highest BCUT2D eigenvalue weighted by molar-refractivity contribution is 5.89. The largest absolute Gasteiger partial charge is 0.484 e. The number of aromatic nitrogens is 1. The highest BCUT2D eigenvalue weighted by atomic mass is 16.5. The number of hydrogen-bond acceptors (Lipinski definition) is 4. The van der Waals surface area contributed by atoms with Crippen molar-refractivity contribution in [2.24, 2.45) is 0 Å². The Hall–Kier alpha value is -2.89. The molecule has 118 valence electrons. The lowest BCUT2D eigenvalue weighted by molar-refractivity contribution is -0.134. The molecule has 0 bridgehead atoms. The number of nitrogens with zero attached hydrogens (tertiary/aromatic N) is 2. The van der Waals surface area contributed by atoms with Gasteiger partial charge in [-0.05, 0) is 29.7 Å². The van der Waals surface area contributed by atoms with Crippen LogP contribution in [-0.2, 0) is 17.8 Å². The third-order valence-electron chi connectivity index (χ3n) is 3.83. The zero-order valence-corrected chi connectivity index (χ0v) is 12.4. The zero-order valence-electron chi connectivity index (χ0n) is 12.4. The Balaban J connectivity index is 1.66. The van der Waals surface area contributed by atoms with Crippen LogP contribution < -0.4 is 4.74 Å². The topological polar surface area (TPSA) is 79.7 Å². The molecule has 1 aliphatic rings. The molecule has 0 radical (unpaired) electrons. The molecule has 1 aliphatic heterocycles. The number of para-hydroxylation sites is 1. The second-order valence-electron chi connectivity index (χ2n) is 5.30. The number of fused-ring (bicyclic) bond motifs is 1. The summed E-state index contributed by atoms with van der Waals surface area (Å²) in [5.74, 6) is -0.463. The number of carboxylic acid groups (broad SMARTS) is 1. The van der Waals surface area contributed by atoms with Crippen LogP contribution in [0.15, 0.2) is 42.7 Å². The van der Waals surface area contributed by atoms with Gasteiger partial charge < -0.3 is 14.7 Å². The Morgan fingerprint density at radius 1 is 1.22 bits per heavy atom. The first-order valence-electron chi connectivity index (χ1n) is 7.30. The van der Waals surface area contributed by atoms with Gasteiger partial charge in [-0.1, -0.05) is 18.2 Å². The zero-order chi connectivity index (χ0) is 16.2. The molecule has 0 spiro atoms. The minimum atomic E-state index is -0.985. The molecule has 3 rings (SSSR count). The highest BCUT2D eigenvalue weighted by Crippen LogP contribution is 2.22. The van der Waals surface area contributed by atoms with Crippen molar-refractivity contribution in [3.63, 3.8) is 0 Å². The quantitative estimate of drug-likeness (QED) is 0.930. The van der Waals surface area contributed by atoms with E-state index in [1.807, 2.05) is 18.2 Å². The minimum Gasteiger partial charge on any atom is -0.484 e. The van der Waals surface area contributed by atoms with Gasteiger partial charge >= 0.3 is 5.97 Å². The molecular weight excluding hydrogens is 296 g/mol. The number of ether oxygens (including phenoxy) is 1. The van der Waals surface area contributed by atoms with Crippen molar-refractivity contribution in [3.8, 4) is 5.75 Å². The molecule has 1 aromatic carbocycles. The van der Waals surface area contributed by atoms with E-state index in [0.29, 0.717) is 25.3 Å². The Bertz CT molecular complexity index is 731. The average Bonchev–Trinajstić information content (AvgIpc) is 2.59. The Labute approximate surface area is 133 Å². The monoisotopic (exact) mass is 312 g/mol. The molecule has 0 atom stereocenters. The Morgan fingerprint density at radius 2 is 2.00 bits per heavy atom. The van der Waals surface area contributed by atoms with Gasteiger partial charge in [0.1, 0.15) is 5.75 Å². The normalized spacial score (nSPS) is 13.3. The number of carbonyl (C=O) groups is 2. The van der Waals surface area contributed by atoms with Crippen molar-refractivity contribution in [2.75, 3.05) is 13.2 Å². The maximum Gasteiger partial charge on any atom is 0.337 e. The smallest absolute Gasteiger partial charge is 0.337 e. The van der Waals surface area contributed by atoms with Crippen molar-refractivity contribution in [1.82, 2.24) is 9.88 Å². The predicted molar refractivity (Wildman–Crippen MR) is 82.3 cm³/mol. The number of amides is 1. The van der Waals surface area contributed by atoms with Gasteiger partial charge in [-0.25, -0.2) is 4.79 Å². The number of pyridine rings is 1. The van der Waals surface area contributed by atoms with Crippen molar-refractivity contribution >= 4 is 11.9 Å². The first kappa shape index (κ1) is 15.0. The van der Waals surface area contributed by atoms with E-state index < -0.39 is 5.97 Å². The van der Waals surface area contributed by atoms with Crippen LogP contribution in [0, 0.1) is 0 Å². The second-order valence-corrected chi connectivity index (χ2v) is 5.30. The third-order valence-corrected chi connectivity index (χ3v) is 3.83. The van der Waals surface area contributed by atoms with Gasteiger partial charge in [0, 0.05) is 25.5 Å². The van der Waals surface area contributed by atoms with Crippen molar-refractivity contribution in [3.05, 3.63) is 59.4 Å². The van der Waals surface area contributed by atoms with Gasteiger partial charge in [0.2, 0.25) is 0 Å². The summed E-state index contributed by atoms with van der Waals surface area (Å²) in [7, 11) is 0. The molecule has 6 heteroatoms. The summed E-state index contributed by atoms with van der Waals surface area (Å²) in [6, 6.07) is 9.15. The summed E-state index contributed by atoms with van der Waals surface area (Å²) in [5.41, 5.74) is 1.76. The SMILES string of the molecule is O=C(O)c1cncc2c1CCN(C(=O)COc1ccccc1)C2. The summed E-state index contributed by atoms with van der Waals surface area (Å²) < 4.78 is 5.47. The van der Waals surface area contributed by atoms with Crippen LogP contribution in [0.4, 0.5) is 0 Å². The van der Waals surface area contributed by atoms with Crippen LogP contribution >= 0.6 is 0 Å². The fourth-order valence-corrected chi connectivity index (χ4v) is 2.64. The van der Waals surface area contributed by atoms with Crippen molar-refractivity contribution in [2.45, 2.75) is 13.0 Å². The molecule has 2 aromatic rings. The van der Waals surface area contributed by atoms with E-state index in [2.05, 4.69) is 4.98 Å². The van der Waals surface area contributed by atoms with Gasteiger partial charge in [-0.15, -0.1) is 0 Å². The van der Waals surface area contributed by atoms with Gasteiger partial charge in [-0.2, -0.15) is 0 Å². The lowest BCUT2D eigenvalue weighted by Gasteiger charge is -2.29. The molecule has 0 aliphatic carbocycles. The number of aromatic carboxylic acids is 1. The number of benzene rings is 1. The molecular formula is C17H16N2O4. The second kappa shape index (κ2) is 6.48. The summed E-state index contributed by atoms with van der Waals surface area (Å²) in [4.78, 5) is 29.1. The van der Waals surface area contributed by atoms with E-state index in [-0.39, 0.29) is 18.1 Å². The number of carboxylic acids is 1. The Morgan fingerprint density at radius 3 is 2.74 bits per heavy atom. The van der Waals surface area contributed by atoms with Crippen LogP contribution in [0.25, 0.3) is 0 Å². The first-order chi connectivity index (χ1) is 11.1. The minimum absolute atomic E-state index is 0.0363. The van der Waals surface area contributed by atoms with Crippen molar-refractivity contribution < 1.29 is 19.4 Å². The van der Waals surface area contributed by atoms with Gasteiger partial charge in [0.25, 0.3) is 5.91 Å². The van der Waals surface area contributed by atoms with Crippen LogP contribution in [-0.4, -0.2) is 40.0 Å². The summed E-state index contributed by atoms with van der Waals surface area (Å²) >= 11 is 0. The van der Waals surface area contributed by atoms with Crippen molar-refractivity contribution in [1.29, 1.82) is 0 Å². The predicted octanol–water partition coefficient (Wildman–Crippen LogP) is 1.74. The molecule has 0 fully saturated rings. The molecule has 0 saturated carbocycles. The van der Waals surface area contributed by atoms with Gasteiger partial charge in [0.05, 0.1) is 5.56 Å². The molecule has 0 unspecified atom stereocenters. The fourth-order valence-electron chi connectivity index (χ4n) is 2.64. The first-order valence-corrected chi connectivity index (χ1v) is 7.30. The van der Waals surface area contributed by atoms with Crippen LogP contribution in [0.3, 0.4) is 0 Å². The summed E-state index contributed by atoms with van der Waals surface area (Å²) in [5, 5.41) is 9.19. The molecule has 23 heavy (non-hydrogen) atoms. The number of hydrogen-bond donors (Lipinski definition) is 1. The third kappa shape index (κ3) is 3.31. The van der Waals surface area contributed by atoms with Crippen LogP contribution in [0.1, 0.15) is 21.5 Å². The maximum absolute atomic E-state index is 12.3. The molecule has 6 nitrogen and oxygen atoms in total. The van der Waals surface area contributed by atoms with E-state index in [9.17, 15) is 14.7 Å².